The third kappa shape index (κ3) is 2.50. The Kier molecular flexibility index (Phi) is 4.05. The second-order valence-electron chi connectivity index (χ2n) is 5.82. The molecule has 4 nitrogen and oxygen atoms in total. The highest BCUT2D eigenvalue weighted by Crippen LogP contribution is 2.42. The van der Waals surface area contributed by atoms with E-state index in [1.165, 1.54) is 6.07 Å². The second-order valence-corrected chi connectivity index (χ2v) is 6.23. The predicted octanol–water partition coefficient (Wildman–Crippen LogP) is 5.79. The Bertz CT molecular complexity index is 1140. The summed E-state index contributed by atoms with van der Waals surface area (Å²) in [7, 11) is 0. The summed E-state index contributed by atoms with van der Waals surface area (Å²) in [6.07, 6.45) is 0. The van der Waals surface area contributed by atoms with Gasteiger partial charge in [0.05, 0.1) is 11.6 Å². The van der Waals surface area contributed by atoms with Crippen molar-refractivity contribution in [2.24, 2.45) is 0 Å². The normalized spacial score (nSPS) is 11.2. The Morgan fingerprint density at radius 2 is 1.77 bits per heavy atom. The first kappa shape index (κ1) is 16.5. The lowest BCUT2D eigenvalue weighted by Gasteiger charge is -2.05. The molecule has 0 aliphatic heterocycles. The molecule has 1 aromatic heterocycles. The van der Waals surface area contributed by atoms with Gasteiger partial charge < -0.3 is 14.3 Å². The SMILES string of the molecule is CCOC(=O)c1c(-c2ccccc2Cl)oc2c1cc(O)c1ccccc12. The summed E-state index contributed by atoms with van der Waals surface area (Å²) in [6, 6.07) is 16.0. The number of hydrogen-bond donors (Lipinski definition) is 1. The minimum absolute atomic E-state index is 0.0742. The number of phenolic OH excluding ortho intramolecular Hbond substituents is 1. The Morgan fingerprint density at radius 1 is 1.08 bits per heavy atom. The molecule has 3 aromatic carbocycles. The van der Waals surface area contributed by atoms with Crippen molar-refractivity contribution in [2.45, 2.75) is 6.92 Å². The molecule has 0 bridgehead atoms. The van der Waals surface area contributed by atoms with Crippen molar-refractivity contribution in [3.05, 3.63) is 65.2 Å². The van der Waals surface area contributed by atoms with Crippen molar-refractivity contribution in [3.8, 4) is 17.1 Å². The van der Waals surface area contributed by atoms with Crippen LogP contribution in [0.2, 0.25) is 5.02 Å². The summed E-state index contributed by atoms with van der Waals surface area (Å²) in [5.74, 6) is -0.110. The van der Waals surface area contributed by atoms with E-state index in [0.717, 1.165) is 0 Å². The summed E-state index contributed by atoms with van der Waals surface area (Å²) in [6.45, 7) is 1.97. The topological polar surface area (TPSA) is 59.7 Å². The molecule has 0 fully saturated rings. The van der Waals surface area contributed by atoms with E-state index in [4.69, 9.17) is 20.8 Å². The lowest BCUT2D eigenvalue weighted by molar-refractivity contribution is 0.0529. The number of fused-ring (bicyclic) bond motifs is 3. The summed E-state index contributed by atoms with van der Waals surface area (Å²) in [5.41, 5.74) is 1.37. The molecule has 0 aliphatic rings. The first-order chi connectivity index (χ1) is 12.6. The molecular weight excluding hydrogens is 352 g/mol. The van der Waals surface area contributed by atoms with Crippen LogP contribution in [0.15, 0.2) is 59.0 Å². The largest absolute Gasteiger partial charge is 0.507 e. The van der Waals surface area contributed by atoms with Crippen LogP contribution >= 0.6 is 11.6 Å². The number of aromatic hydroxyl groups is 1. The number of hydrogen-bond acceptors (Lipinski definition) is 4. The van der Waals surface area contributed by atoms with Crippen molar-refractivity contribution >= 4 is 39.3 Å². The van der Waals surface area contributed by atoms with Crippen LogP contribution in [0.1, 0.15) is 17.3 Å². The Labute approximate surface area is 154 Å². The predicted molar refractivity (Wildman–Crippen MR) is 102 cm³/mol. The Morgan fingerprint density at radius 3 is 2.50 bits per heavy atom. The van der Waals surface area contributed by atoms with E-state index in [1.807, 2.05) is 24.3 Å². The summed E-state index contributed by atoms with van der Waals surface area (Å²) >= 11 is 6.33. The van der Waals surface area contributed by atoms with E-state index in [0.29, 0.717) is 38.1 Å². The summed E-state index contributed by atoms with van der Waals surface area (Å²) in [5, 5.41) is 12.7. The molecule has 1 heterocycles. The Balaban J connectivity index is 2.14. The molecule has 130 valence electrons. The molecule has 0 aliphatic carbocycles. The van der Waals surface area contributed by atoms with Gasteiger partial charge >= 0.3 is 5.97 Å². The smallest absolute Gasteiger partial charge is 0.342 e. The van der Waals surface area contributed by atoms with Gasteiger partial charge in [0.25, 0.3) is 0 Å². The van der Waals surface area contributed by atoms with Crippen LogP contribution in [-0.2, 0) is 4.74 Å². The zero-order valence-corrected chi connectivity index (χ0v) is 14.7. The second kappa shape index (κ2) is 6.39. The highest BCUT2D eigenvalue weighted by molar-refractivity contribution is 6.33. The van der Waals surface area contributed by atoms with E-state index in [1.54, 1.807) is 31.2 Å². The maximum absolute atomic E-state index is 12.7. The first-order valence-corrected chi connectivity index (χ1v) is 8.58. The third-order valence-corrected chi connectivity index (χ3v) is 4.60. The van der Waals surface area contributed by atoms with Gasteiger partial charge in [0.2, 0.25) is 0 Å². The standard InChI is InChI=1S/C21H15ClO4/c1-2-25-21(24)18-15-11-17(23)12-7-3-4-8-13(12)19(15)26-20(18)14-9-5-6-10-16(14)22/h3-11,23H,2H2,1H3. The van der Waals surface area contributed by atoms with Gasteiger partial charge in [-0.15, -0.1) is 0 Å². The van der Waals surface area contributed by atoms with Crippen LogP contribution < -0.4 is 0 Å². The number of halogens is 1. The average molecular weight is 367 g/mol. The molecule has 0 amide bonds. The third-order valence-electron chi connectivity index (χ3n) is 4.27. The minimum atomic E-state index is -0.518. The molecule has 0 saturated heterocycles. The maximum Gasteiger partial charge on any atom is 0.342 e. The average Bonchev–Trinajstić information content (AvgIpc) is 3.02. The zero-order chi connectivity index (χ0) is 18.3. The van der Waals surface area contributed by atoms with Crippen LogP contribution in [-0.4, -0.2) is 17.7 Å². The van der Waals surface area contributed by atoms with Crippen molar-refractivity contribution in [1.29, 1.82) is 0 Å². The molecule has 4 aromatic rings. The quantitative estimate of drug-likeness (QED) is 0.466. The Hall–Kier alpha value is -2.98. The van der Waals surface area contributed by atoms with Crippen LogP contribution in [0.4, 0.5) is 0 Å². The molecule has 26 heavy (non-hydrogen) atoms. The number of carbonyl (C=O) groups is 1. The number of rotatable bonds is 3. The number of esters is 1. The number of benzene rings is 3. The van der Waals surface area contributed by atoms with Crippen LogP contribution in [0.5, 0.6) is 5.75 Å². The fourth-order valence-corrected chi connectivity index (χ4v) is 3.36. The van der Waals surface area contributed by atoms with Gasteiger partial charge in [-0.05, 0) is 25.1 Å². The number of phenols is 1. The molecular formula is C21H15ClO4. The van der Waals surface area contributed by atoms with Crippen LogP contribution in [0.3, 0.4) is 0 Å². The van der Waals surface area contributed by atoms with E-state index in [9.17, 15) is 9.90 Å². The summed E-state index contributed by atoms with van der Waals surface area (Å²) in [4.78, 5) is 12.7. The van der Waals surface area contributed by atoms with E-state index in [-0.39, 0.29) is 17.9 Å². The molecule has 0 atom stereocenters. The number of carbonyl (C=O) groups excluding carboxylic acids is 1. The van der Waals surface area contributed by atoms with E-state index in [2.05, 4.69) is 0 Å². The fraction of sp³-hybridized carbons (Fsp3) is 0.0952. The lowest BCUT2D eigenvalue weighted by Crippen LogP contribution is -2.05. The van der Waals surface area contributed by atoms with Crippen LogP contribution in [0.25, 0.3) is 33.1 Å². The maximum atomic E-state index is 12.7. The van der Waals surface area contributed by atoms with Gasteiger partial charge in [-0.3, -0.25) is 0 Å². The highest BCUT2D eigenvalue weighted by atomic mass is 35.5. The monoisotopic (exact) mass is 366 g/mol. The zero-order valence-electron chi connectivity index (χ0n) is 14.0. The van der Waals surface area contributed by atoms with Crippen molar-refractivity contribution in [1.82, 2.24) is 0 Å². The molecule has 0 unspecified atom stereocenters. The van der Waals surface area contributed by atoms with Gasteiger partial charge in [0, 0.05) is 21.7 Å². The van der Waals surface area contributed by atoms with Gasteiger partial charge in [-0.1, -0.05) is 48.0 Å². The van der Waals surface area contributed by atoms with E-state index < -0.39 is 5.97 Å². The summed E-state index contributed by atoms with van der Waals surface area (Å²) < 4.78 is 11.3. The molecule has 0 radical (unpaired) electrons. The fourth-order valence-electron chi connectivity index (χ4n) is 3.14. The molecule has 1 N–H and O–H groups in total. The lowest BCUT2D eigenvalue weighted by atomic mass is 10.0. The van der Waals surface area contributed by atoms with Crippen molar-refractivity contribution in [2.75, 3.05) is 6.61 Å². The molecule has 5 heteroatoms. The number of furan rings is 1. The van der Waals surface area contributed by atoms with Gasteiger partial charge in [-0.2, -0.15) is 0 Å². The van der Waals surface area contributed by atoms with Gasteiger partial charge in [-0.25, -0.2) is 4.79 Å². The van der Waals surface area contributed by atoms with Crippen molar-refractivity contribution < 1.29 is 19.1 Å². The molecule has 0 saturated carbocycles. The van der Waals surface area contributed by atoms with Gasteiger partial charge in [0.15, 0.2) is 5.76 Å². The molecule has 0 spiro atoms. The van der Waals surface area contributed by atoms with Crippen molar-refractivity contribution in [3.63, 3.8) is 0 Å². The van der Waals surface area contributed by atoms with Gasteiger partial charge in [0.1, 0.15) is 16.9 Å². The van der Waals surface area contributed by atoms with E-state index >= 15 is 0 Å². The first-order valence-electron chi connectivity index (χ1n) is 8.21. The minimum Gasteiger partial charge on any atom is -0.507 e. The highest BCUT2D eigenvalue weighted by Gasteiger charge is 2.26. The molecule has 4 rings (SSSR count). The van der Waals surface area contributed by atoms with Crippen LogP contribution in [0, 0.1) is 0 Å². The number of ether oxygens (including phenoxy) is 1.